The standard InChI is InChI=1S/C18H18FIN2O/c1-12-10-21(11-14-3-6-16(20)7-4-14)18-9-15(19)5-8-17(18)22(12)13(2)23/h3-9,12H,10-11H2,1-2H3. The third kappa shape index (κ3) is 3.34. The second-order valence-electron chi connectivity index (χ2n) is 5.88. The highest BCUT2D eigenvalue weighted by molar-refractivity contribution is 14.1. The molecule has 1 aliphatic heterocycles. The van der Waals surface area contributed by atoms with Crippen LogP contribution in [0.5, 0.6) is 0 Å². The molecular weight excluding hydrogens is 406 g/mol. The van der Waals surface area contributed by atoms with Crippen molar-refractivity contribution in [2.75, 3.05) is 16.3 Å². The van der Waals surface area contributed by atoms with Crippen LogP contribution in [0.1, 0.15) is 19.4 Å². The number of carbonyl (C=O) groups excluding carboxylic acids is 1. The Balaban J connectivity index is 1.98. The minimum absolute atomic E-state index is 0.0146. The Hall–Kier alpha value is -1.63. The monoisotopic (exact) mass is 424 g/mol. The molecule has 3 rings (SSSR count). The van der Waals surface area contributed by atoms with Crippen molar-refractivity contribution in [3.63, 3.8) is 0 Å². The number of rotatable bonds is 2. The minimum Gasteiger partial charge on any atom is -0.363 e. The van der Waals surface area contributed by atoms with Crippen LogP contribution in [0.3, 0.4) is 0 Å². The first-order chi connectivity index (χ1) is 11.0. The second kappa shape index (κ2) is 6.47. The van der Waals surface area contributed by atoms with Gasteiger partial charge in [0.05, 0.1) is 17.4 Å². The van der Waals surface area contributed by atoms with E-state index in [1.807, 2.05) is 6.92 Å². The minimum atomic E-state index is -0.283. The third-order valence-corrected chi connectivity index (χ3v) is 4.81. The predicted molar refractivity (Wildman–Crippen MR) is 99.2 cm³/mol. The average Bonchev–Trinajstić information content (AvgIpc) is 2.49. The summed E-state index contributed by atoms with van der Waals surface area (Å²) in [5, 5.41) is 0. The fraction of sp³-hybridized carbons (Fsp3) is 0.278. The van der Waals surface area contributed by atoms with Crippen LogP contribution < -0.4 is 9.80 Å². The number of amides is 1. The van der Waals surface area contributed by atoms with Gasteiger partial charge in [-0.25, -0.2) is 4.39 Å². The molecule has 3 nitrogen and oxygen atoms in total. The van der Waals surface area contributed by atoms with Gasteiger partial charge in [-0.1, -0.05) is 12.1 Å². The lowest BCUT2D eigenvalue weighted by molar-refractivity contribution is -0.117. The molecule has 0 saturated carbocycles. The van der Waals surface area contributed by atoms with Crippen LogP contribution >= 0.6 is 22.6 Å². The van der Waals surface area contributed by atoms with Crippen molar-refractivity contribution in [2.24, 2.45) is 0 Å². The van der Waals surface area contributed by atoms with Crippen molar-refractivity contribution >= 4 is 39.9 Å². The highest BCUT2D eigenvalue weighted by atomic mass is 127. The quantitative estimate of drug-likeness (QED) is 0.676. The molecular formula is C18H18FIN2O. The van der Waals surface area contributed by atoms with Gasteiger partial charge in [-0.05, 0) is 65.4 Å². The molecule has 0 radical (unpaired) electrons. The Morgan fingerprint density at radius 1 is 1.22 bits per heavy atom. The number of carbonyl (C=O) groups is 1. The Morgan fingerprint density at radius 2 is 1.91 bits per heavy atom. The van der Waals surface area contributed by atoms with Crippen molar-refractivity contribution in [1.82, 2.24) is 0 Å². The molecule has 0 fully saturated rings. The fourth-order valence-electron chi connectivity index (χ4n) is 3.13. The van der Waals surface area contributed by atoms with E-state index in [1.54, 1.807) is 17.9 Å². The van der Waals surface area contributed by atoms with Gasteiger partial charge < -0.3 is 9.80 Å². The van der Waals surface area contributed by atoms with Crippen LogP contribution in [-0.4, -0.2) is 18.5 Å². The number of halogens is 2. The van der Waals surface area contributed by atoms with E-state index in [2.05, 4.69) is 51.8 Å². The lowest BCUT2D eigenvalue weighted by Gasteiger charge is -2.42. The Morgan fingerprint density at radius 3 is 2.57 bits per heavy atom. The van der Waals surface area contributed by atoms with Gasteiger partial charge in [-0.15, -0.1) is 0 Å². The van der Waals surface area contributed by atoms with Gasteiger partial charge in [-0.3, -0.25) is 4.79 Å². The largest absolute Gasteiger partial charge is 0.363 e. The molecule has 0 aromatic heterocycles. The molecule has 0 saturated heterocycles. The Kier molecular flexibility index (Phi) is 4.57. The number of anilines is 2. The van der Waals surface area contributed by atoms with Gasteiger partial charge in [0.25, 0.3) is 0 Å². The summed E-state index contributed by atoms with van der Waals surface area (Å²) < 4.78 is 14.9. The zero-order valence-electron chi connectivity index (χ0n) is 13.1. The summed E-state index contributed by atoms with van der Waals surface area (Å²) in [6, 6.07) is 13.0. The number of hydrogen-bond donors (Lipinski definition) is 0. The van der Waals surface area contributed by atoms with Gasteiger partial charge in [0.2, 0.25) is 5.91 Å². The number of nitrogens with zero attached hydrogens (tertiary/aromatic N) is 2. The van der Waals surface area contributed by atoms with Crippen LogP contribution in [0.15, 0.2) is 42.5 Å². The van der Waals surface area contributed by atoms with E-state index in [1.165, 1.54) is 21.3 Å². The van der Waals surface area contributed by atoms with E-state index in [4.69, 9.17) is 0 Å². The number of fused-ring (bicyclic) bond motifs is 1. The molecule has 1 heterocycles. The molecule has 1 aliphatic rings. The summed E-state index contributed by atoms with van der Waals surface area (Å²) in [7, 11) is 0. The SMILES string of the molecule is CC(=O)N1c2ccc(F)cc2N(Cc2ccc(I)cc2)CC1C. The molecule has 1 atom stereocenters. The zero-order valence-corrected chi connectivity index (χ0v) is 15.2. The second-order valence-corrected chi connectivity index (χ2v) is 7.12. The van der Waals surface area contributed by atoms with E-state index < -0.39 is 0 Å². The van der Waals surface area contributed by atoms with Crippen molar-refractivity contribution in [3.8, 4) is 0 Å². The average molecular weight is 424 g/mol. The number of benzene rings is 2. The van der Waals surface area contributed by atoms with Crippen LogP contribution in [0.2, 0.25) is 0 Å². The summed E-state index contributed by atoms with van der Waals surface area (Å²) in [6.45, 7) is 4.96. The highest BCUT2D eigenvalue weighted by Crippen LogP contribution is 2.37. The maximum Gasteiger partial charge on any atom is 0.224 e. The highest BCUT2D eigenvalue weighted by Gasteiger charge is 2.30. The summed E-state index contributed by atoms with van der Waals surface area (Å²) in [5.74, 6) is -0.298. The van der Waals surface area contributed by atoms with E-state index in [0.29, 0.717) is 13.1 Å². The maximum atomic E-state index is 13.8. The lowest BCUT2D eigenvalue weighted by atomic mass is 10.1. The van der Waals surface area contributed by atoms with E-state index in [-0.39, 0.29) is 17.8 Å². The van der Waals surface area contributed by atoms with E-state index in [0.717, 1.165) is 11.4 Å². The summed E-state index contributed by atoms with van der Waals surface area (Å²) in [5.41, 5.74) is 2.73. The molecule has 0 aliphatic carbocycles. The molecule has 23 heavy (non-hydrogen) atoms. The predicted octanol–water partition coefficient (Wildman–Crippen LogP) is 4.19. The third-order valence-electron chi connectivity index (χ3n) is 4.09. The molecule has 2 aromatic carbocycles. The maximum absolute atomic E-state index is 13.8. The lowest BCUT2D eigenvalue weighted by Crippen LogP contribution is -2.49. The van der Waals surface area contributed by atoms with Crippen molar-refractivity contribution in [2.45, 2.75) is 26.4 Å². The fourth-order valence-corrected chi connectivity index (χ4v) is 3.49. The first kappa shape index (κ1) is 16.2. The molecule has 5 heteroatoms. The van der Waals surface area contributed by atoms with Crippen molar-refractivity contribution < 1.29 is 9.18 Å². The molecule has 0 N–H and O–H groups in total. The first-order valence-electron chi connectivity index (χ1n) is 7.54. The Bertz CT molecular complexity index is 732. The summed E-state index contributed by atoms with van der Waals surface area (Å²) in [6.07, 6.45) is 0. The van der Waals surface area contributed by atoms with Crippen LogP contribution in [0, 0.1) is 9.39 Å². The molecule has 1 unspecified atom stereocenters. The smallest absolute Gasteiger partial charge is 0.224 e. The summed E-state index contributed by atoms with van der Waals surface area (Å²) in [4.78, 5) is 15.9. The normalized spacial score (nSPS) is 17.1. The van der Waals surface area contributed by atoms with Crippen molar-refractivity contribution in [3.05, 3.63) is 57.4 Å². The molecule has 1 amide bonds. The molecule has 2 aromatic rings. The van der Waals surface area contributed by atoms with Crippen molar-refractivity contribution in [1.29, 1.82) is 0 Å². The van der Waals surface area contributed by atoms with Gasteiger partial charge in [-0.2, -0.15) is 0 Å². The first-order valence-corrected chi connectivity index (χ1v) is 8.62. The topological polar surface area (TPSA) is 23.6 Å². The molecule has 120 valence electrons. The van der Waals surface area contributed by atoms with Crippen LogP contribution in [0.25, 0.3) is 0 Å². The van der Waals surface area contributed by atoms with Crippen LogP contribution in [-0.2, 0) is 11.3 Å². The van der Waals surface area contributed by atoms with E-state index >= 15 is 0 Å². The number of hydrogen-bond acceptors (Lipinski definition) is 2. The van der Waals surface area contributed by atoms with Gasteiger partial charge >= 0.3 is 0 Å². The molecule has 0 spiro atoms. The van der Waals surface area contributed by atoms with Crippen LogP contribution in [0.4, 0.5) is 15.8 Å². The van der Waals surface area contributed by atoms with E-state index in [9.17, 15) is 9.18 Å². The van der Waals surface area contributed by atoms with Gasteiger partial charge in [0, 0.05) is 23.6 Å². The zero-order chi connectivity index (χ0) is 16.6. The molecule has 0 bridgehead atoms. The van der Waals surface area contributed by atoms with Gasteiger partial charge in [0.1, 0.15) is 5.82 Å². The Labute approximate surface area is 149 Å². The van der Waals surface area contributed by atoms with Gasteiger partial charge in [0.15, 0.2) is 0 Å². The summed E-state index contributed by atoms with van der Waals surface area (Å²) >= 11 is 2.28.